The van der Waals surface area contributed by atoms with Crippen molar-refractivity contribution < 1.29 is 4.39 Å². The Morgan fingerprint density at radius 2 is 1.86 bits per heavy atom. The quantitative estimate of drug-likeness (QED) is 0.680. The van der Waals surface area contributed by atoms with Crippen LogP contribution in [-0.2, 0) is 5.67 Å². The molecule has 2 heteroatoms. The van der Waals surface area contributed by atoms with E-state index in [9.17, 15) is 4.39 Å². The van der Waals surface area contributed by atoms with Gasteiger partial charge in [0.05, 0.1) is 0 Å². The maximum absolute atomic E-state index is 14.4. The van der Waals surface area contributed by atoms with E-state index in [-0.39, 0.29) is 0 Å². The Morgan fingerprint density at radius 3 is 2.50 bits per heavy atom. The summed E-state index contributed by atoms with van der Waals surface area (Å²) in [4.78, 5) is 0. The van der Waals surface area contributed by atoms with Crippen molar-refractivity contribution in [3.05, 3.63) is 29.8 Å². The van der Waals surface area contributed by atoms with Crippen molar-refractivity contribution in [2.45, 2.75) is 37.8 Å². The van der Waals surface area contributed by atoms with Gasteiger partial charge >= 0.3 is 0 Å². The summed E-state index contributed by atoms with van der Waals surface area (Å²) in [5, 5.41) is 0. The Labute approximate surface area is 84.1 Å². The number of hydrogen-bond acceptors (Lipinski definition) is 1. The van der Waals surface area contributed by atoms with Gasteiger partial charge in [-0.05, 0) is 43.4 Å². The van der Waals surface area contributed by atoms with Gasteiger partial charge in [0.15, 0.2) is 0 Å². The van der Waals surface area contributed by atoms with Crippen LogP contribution in [0.1, 0.15) is 37.7 Å². The Bertz CT molecular complexity index is 316. The van der Waals surface area contributed by atoms with E-state index in [1.54, 1.807) is 12.1 Å². The molecule has 0 aliphatic heterocycles. The molecule has 1 aromatic rings. The van der Waals surface area contributed by atoms with Gasteiger partial charge in [0.25, 0.3) is 0 Å². The van der Waals surface area contributed by atoms with Crippen molar-refractivity contribution in [1.29, 1.82) is 0 Å². The van der Waals surface area contributed by atoms with E-state index in [1.165, 1.54) is 0 Å². The minimum Gasteiger partial charge on any atom is -0.399 e. The predicted octanol–water partition coefficient (Wildman–Crippen LogP) is 3.40. The number of benzene rings is 1. The second kappa shape index (κ2) is 3.60. The lowest BCUT2D eigenvalue weighted by atomic mass is 9.81. The molecule has 2 rings (SSSR count). The number of halogens is 1. The number of nitrogen functional groups attached to an aromatic ring is 1. The molecular weight excluding hydrogens is 177 g/mol. The van der Waals surface area contributed by atoms with Crippen LogP contribution in [-0.4, -0.2) is 0 Å². The SMILES string of the molecule is Nc1cccc(C2(F)CCCCC2)c1. The molecule has 2 N–H and O–H groups in total. The Hall–Kier alpha value is -1.05. The highest BCUT2D eigenvalue weighted by atomic mass is 19.1. The number of nitrogens with two attached hydrogens (primary N) is 1. The minimum atomic E-state index is -1.12. The highest BCUT2D eigenvalue weighted by molar-refractivity contribution is 5.42. The molecule has 0 atom stereocenters. The van der Waals surface area contributed by atoms with Gasteiger partial charge in [-0.1, -0.05) is 18.6 Å². The van der Waals surface area contributed by atoms with Crippen molar-refractivity contribution >= 4 is 5.69 Å². The lowest BCUT2D eigenvalue weighted by molar-refractivity contribution is 0.106. The number of alkyl halides is 1. The first-order valence-electron chi connectivity index (χ1n) is 5.26. The molecule has 1 saturated carbocycles. The van der Waals surface area contributed by atoms with E-state index >= 15 is 0 Å². The minimum absolute atomic E-state index is 0.649. The number of anilines is 1. The van der Waals surface area contributed by atoms with Crippen LogP contribution < -0.4 is 5.73 Å². The molecule has 0 radical (unpaired) electrons. The third-order valence-corrected chi connectivity index (χ3v) is 3.05. The first-order valence-corrected chi connectivity index (χ1v) is 5.26. The van der Waals surface area contributed by atoms with Crippen LogP contribution in [0.4, 0.5) is 10.1 Å². The average Bonchev–Trinajstić information content (AvgIpc) is 2.19. The summed E-state index contributed by atoms with van der Waals surface area (Å²) >= 11 is 0. The fourth-order valence-electron chi connectivity index (χ4n) is 2.22. The Balaban J connectivity index is 2.28. The summed E-state index contributed by atoms with van der Waals surface area (Å²) in [6.07, 6.45) is 4.44. The van der Waals surface area contributed by atoms with Crippen LogP contribution in [0.25, 0.3) is 0 Å². The molecule has 0 aromatic heterocycles. The second-order valence-corrected chi connectivity index (χ2v) is 4.15. The van der Waals surface area contributed by atoms with Gasteiger partial charge < -0.3 is 5.73 Å². The van der Waals surface area contributed by atoms with Crippen molar-refractivity contribution in [2.75, 3.05) is 5.73 Å². The van der Waals surface area contributed by atoms with Crippen molar-refractivity contribution in [3.8, 4) is 0 Å². The standard InChI is InChI=1S/C12H16FN/c13-12(7-2-1-3-8-12)10-5-4-6-11(14)9-10/h4-6,9H,1-3,7-8,14H2. The monoisotopic (exact) mass is 193 g/mol. The van der Waals surface area contributed by atoms with Crippen molar-refractivity contribution in [2.24, 2.45) is 0 Å². The number of rotatable bonds is 1. The first-order chi connectivity index (χ1) is 6.71. The van der Waals surface area contributed by atoms with E-state index in [1.807, 2.05) is 12.1 Å². The molecule has 0 amide bonds. The molecule has 1 fully saturated rings. The van der Waals surface area contributed by atoms with Crippen LogP contribution in [0.5, 0.6) is 0 Å². The molecule has 0 heterocycles. The van der Waals surface area contributed by atoms with Gasteiger partial charge in [0, 0.05) is 5.69 Å². The molecule has 1 aliphatic carbocycles. The molecule has 1 aliphatic rings. The summed E-state index contributed by atoms with van der Waals surface area (Å²) in [5.41, 5.74) is 5.96. The number of hydrogen-bond donors (Lipinski definition) is 1. The summed E-state index contributed by atoms with van der Waals surface area (Å²) < 4.78 is 14.4. The maximum Gasteiger partial charge on any atom is 0.136 e. The van der Waals surface area contributed by atoms with Gasteiger partial charge in [-0.2, -0.15) is 0 Å². The molecule has 76 valence electrons. The summed E-state index contributed by atoms with van der Waals surface area (Å²) in [6.45, 7) is 0. The largest absolute Gasteiger partial charge is 0.399 e. The van der Waals surface area contributed by atoms with E-state index in [4.69, 9.17) is 5.73 Å². The highest BCUT2D eigenvalue weighted by Crippen LogP contribution is 2.40. The Morgan fingerprint density at radius 1 is 1.14 bits per heavy atom. The molecule has 1 aromatic carbocycles. The van der Waals surface area contributed by atoms with Crippen LogP contribution in [0, 0.1) is 0 Å². The van der Waals surface area contributed by atoms with Gasteiger partial charge in [0.1, 0.15) is 5.67 Å². The second-order valence-electron chi connectivity index (χ2n) is 4.15. The molecular formula is C12H16FN. The van der Waals surface area contributed by atoms with Gasteiger partial charge in [-0.25, -0.2) is 4.39 Å². The third-order valence-electron chi connectivity index (χ3n) is 3.05. The van der Waals surface area contributed by atoms with E-state index in [0.29, 0.717) is 18.5 Å². The zero-order chi connectivity index (χ0) is 10.0. The van der Waals surface area contributed by atoms with Gasteiger partial charge in [-0.3, -0.25) is 0 Å². The zero-order valence-electron chi connectivity index (χ0n) is 8.30. The van der Waals surface area contributed by atoms with Gasteiger partial charge in [-0.15, -0.1) is 0 Å². The lowest BCUT2D eigenvalue weighted by Gasteiger charge is -2.29. The van der Waals surface area contributed by atoms with Crippen molar-refractivity contribution in [1.82, 2.24) is 0 Å². The topological polar surface area (TPSA) is 26.0 Å². The predicted molar refractivity (Wildman–Crippen MR) is 56.7 cm³/mol. The third kappa shape index (κ3) is 1.74. The summed E-state index contributed by atoms with van der Waals surface area (Å²) in [6, 6.07) is 7.25. The molecule has 0 spiro atoms. The van der Waals surface area contributed by atoms with Crippen molar-refractivity contribution in [3.63, 3.8) is 0 Å². The molecule has 0 saturated heterocycles. The summed E-state index contributed by atoms with van der Waals surface area (Å²) in [7, 11) is 0. The van der Waals surface area contributed by atoms with Crippen LogP contribution in [0.2, 0.25) is 0 Å². The fraction of sp³-hybridized carbons (Fsp3) is 0.500. The van der Waals surface area contributed by atoms with Gasteiger partial charge in [0.2, 0.25) is 0 Å². The molecule has 0 bridgehead atoms. The fourth-order valence-corrected chi connectivity index (χ4v) is 2.22. The van der Waals surface area contributed by atoms with E-state index < -0.39 is 5.67 Å². The molecule has 14 heavy (non-hydrogen) atoms. The first kappa shape index (κ1) is 9.50. The normalized spacial score (nSPS) is 20.6. The van der Waals surface area contributed by atoms with E-state index in [0.717, 1.165) is 24.8 Å². The Kier molecular flexibility index (Phi) is 2.44. The average molecular weight is 193 g/mol. The molecule has 1 nitrogen and oxygen atoms in total. The smallest absolute Gasteiger partial charge is 0.136 e. The maximum atomic E-state index is 14.4. The van der Waals surface area contributed by atoms with E-state index in [2.05, 4.69) is 0 Å². The molecule has 0 unspecified atom stereocenters. The zero-order valence-corrected chi connectivity index (χ0v) is 8.30. The van der Waals surface area contributed by atoms with Crippen LogP contribution >= 0.6 is 0 Å². The highest BCUT2D eigenvalue weighted by Gasteiger charge is 2.33. The van der Waals surface area contributed by atoms with Crippen LogP contribution in [0.3, 0.4) is 0 Å². The summed E-state index contributed by atoms with van der Waals surface area (Å²) in [5.74, 6) is 0. The lowest BCUT2D eigenvalue weighted by Crippen LogP contribution is -2.23. The van der Waals surface area contributed by atoms with Crippen LogP contribution in [0.15, 0.2) is 24.3 Å².